The molecule has 2 aliphatic rings. The van der Waals surface area contributed by atoms with E-state index in [-0.39, 0.29) is 44.7 Å². The molecule has 2 aliphatic heterocycles. The van der Waals surface area contributed by atoms with Crippen LogP contribution in [0.3, 0.4) is 0 Å². The summed E-state index contributed by atoms with van der Waals surface area (Å²) in [7, 11) is 0. The average Bonchev–Trinajstić information content (AvgIpc) is 3.54. The minimum absolute atomic E-state index is 0.0499. The van der Waals surface area contributed by atoms with Crippen molar-refractivity contribution in [3.8, 4) is 11.5 Å². The van der Waals surface area contributed by atoms with Gasteiger partial charge in [0, 0.05) is 32.6 Å². The lowest BCUT2D eigenvalue weighted by atomic mass is 9.92. The standard InChI is InChI=1S/C26H30N4O6S/c1-16-9-17(2)13-28(12-16)23(32)14-30-19-6-8-37-24(19)25(33)29(26(30)34)7-5-22(31)27-11-18-3-4-20-21(10-18)36-15-35-20/h3-4,6,8,10,16-17H,5,7,9,11-15H2,1-2H3,(H,27,31)/t16-,17-/m1/s1. The van der Waals surface area contributed by atoms with Gasteiger partial charge in [-0.05, 0) is 47.4 Å². The van der Waals surface area contributed by atoms with Crippen molar-refractivity contribution in [2.24, 2.45) is 11.8 Å². The molecule has 10 nitrogen and oxygen atoms in total. The number of benzene rings is 1. The highest BCUT2D eigenvalue weighted by molar-refractivity contribution is 7.17. The van der Waals surface area contributed by atoms with Crippen molar-refractivity contribution >= 4 is 33.4 Å². The lowest BCUT2D eigenvalue weighted by molar-refractivity contribution is -0.134. The van der Waals surface area contributed by atoms with E-state index < -0.39 is 11.2 Å². The molecule has 1 N–H and O–H groups in total. The van der Waals surface area contributed by atoms with Gasteiger partial charge in [0.1, 0.15) is 11.2 Å². The molecule has 1 saturated heterocycles. The molecule has 2 atom stereocenters. The molecule has 1 aromatic carbocycles. The number of carbonyl (C=O) groups excluding carboxylic acids is 2. The minimum atomic E-state index is -0.578. The minimum Gasteiger partial charge on any atom is -0.454 e. The Hall–Kier alpha value is -3.60. The van der Waals surface area contributed by atoms with Gasteiger partial charge in [0.2, 0.25) is 18.6 Å². The van der Waals surface area contributed by atoms with Crippen molar-refractivity contribution in [2.75, 3.05) is 19.9 Å². The van der Waals surface area contributed by atoms with Gasteiger partial charge in [0.25, 0.3) is 5.56 Å². The molecule has 0 bridgehead atoms. The number of hydrogen-bond donors (Lipinski definition) is 1. The zero-order chi connectivity index (χ0) is 26.1. The third kappa shape index (κ3) is 5.27. The van der Waals surface area contributed by atoms with Crippen LogP contribution in [-0.2, 0) is 29.2 Å². The quantitative estimate of drug-likeness (QED) is 0.505. The van der Waals surface area contributed by atoms with Crippen molar-refractivity contribution in [1.29, 1.82) is 0 Å². The number of nitrogens with zero attached hydrogens (tertiary/aromatic N) is 3. The van der Waals surface area contributed by atoms with E-state index in [1.165, 1.54) is 15.9 Å². The Kier molecular flexibility index (Phi) is 7.05. The van der Waals surface area contributed by atoms with Crippen LogP contribution in [0.15, 0.2) is 39.2 Å². The van der Waals surface area contributed by atoms with E-state index in [9.17, 15) is 19.2 Å². The van der Waals surface area contributed by atoms with Gasteiger partial charge < -0.3 is 19.7 Å². The van der Waals surface area contributed by atoms with Gasteiger partial charge in [0.15, 0.2) is 11.5 Å². The topological polar surface area (TPSA) is 112 Å². The first-order valence-electron chi connectivity index (χ1n) is 12.4. The second-order valence-corrected chi connectivity index (χ2v) is 10.8. The molecular weight excluding hydrogens is 496 g/mol. The summed E-state index contributed by atoms with van der Waals surface area (Å²) in [6.07, 6.45) is 1.02. The Morgan fingerprint density at radius 3 is 2.59 bits per heavy atom. The number of aromatic nitrogens is 2. The lowest BCUT2D eigenvalue weighted by Gasteiger charge is -2.35. The van der Waals surface area contributed by atoms with E-state index in [1.54, 1.807) is 23.6 Å². The van der Waals surface area contributed by atoms with E-state index in [1.807, 2.05) is 11.0 Å². The number of likely N-dealkylation sites (tertiary alicyclic amines) is 1. The molecule has 3 aromatic rings. The summed E-state index contributed by atoms with van der Waals surface area (Å²) in [5.41, 5.74) is 0.278. The SMILES string of the molecule is C[C@@H]1C[C@@H](C)CN(C(=O)Cn2c(=O)n(CCC(=O)NCc3ccc4c(c3)OCO4)c(=O)c3sccc32)C1. The van der Waals surface area contributed by atoms with E-state index in [0.717, 1.165) is 16.6 Å². The van der Waals surface area contributed by atoms with Crippen LogP contribution in [0, 0.1) is 11.8 Å². The Bertz CT molecular complexity index is 1450. The Labute approximate surface area is 217 Å². The van der Waals surface area contributed by atoms with Crippen LogP contribution in [0.25, 0.3) is 10.2 Å². The summed E-state index contributed by atoms with van der Waals surface area (Å²) in [4.78, 5) is 53.9. The molecule has 196 valence electrons. The molecule has 1 fully saturated rings. The van der Waals surface area contributed by atoms with Crippen molar-refractivity contribution in [2.45, 2.75) is 46.3 Å². The van der Waals surface area contributed by atoms with Crippen molar-refractivity contribution < 1.29 is 19.1 Å². The molecule has 0 aliphatic carbocycles. The van der Waals surface area contributed by atoms with Crippen LogP contribution in [0.4, 0.5) is 0 Å². The highest BCUT2D eigenvalue weighted by Crippen LogP contribution is 2.32. The molecule has 0 radical (unpaired) electrons. The molecular formula is C26H30N4O6S. The van der Waals surface area contributed by atoms with E-state index in [0.29, 0.717) is 46.6 Å². The molecule has 11 heteroatoms. The number of thiophene rings is 1. The molecule has 5 rings (SSSR count). The van der Waals surface area contributed by atoms with Crippen LogP contribution in [0.1, 0.15) is 32.3 Å². The highest BCUT2D eigenvalue weighted by Gasteiger charge is 2.27. The van der Waals surface area contributed by atoms with Crippen molar-refractivity contribution in [1.82, 2.24) is 19.4 Å². The summed E-state index contributed by atoms with van der Waals surface area (Å²) in [5, 5.41) is 4.55. The maximum atomic E-state index is 13.4. The molecule has 0 spiro atoms. The number of carbonyl (C=O) groups is 2. The summed E-state index contributed by atoms with van der Waals surface area (Å²) in [5.74, 6) is 1.66. The molecule has 0 saturated carbocycles. The van der Waals surface area contributed by atoms with E-state index >= 15 is 0 Å². The van der Waals surface area contributed by atoms with Crippen molar-refractivity contribution in [3.63, 3.8) is 0 Å². The van der Waals surface area contributed by atoms with Gasteiger partial charge in [0.05, 0.1) is 5.52 Å². The van der Waals surface area contributed by atoms with E-state index in [2.05, 4.69) is 19.2 Å². The fraction of sp³-hybridized carbons (Fsp3) is 0.462. The summed E-state index contributed by atoms with van der Waals surface area (Å²) in [6, 6.07) is 7.12. The lowest BCUT2D eigenvalue weighted by Crippen LogP contribution is -2.47. The number of ether oxygens (including phenoxy) is 2. The summed E-state index contributed by atoms with van der Waals surface area (Å²) >= 11 is 1.23. The first-order valence-corrected chi connectivity index (χ1v) is 13.3. The number of amides is 2. The number of rotatable bonds is 7. The van der Waals surface area contributed by atoms with Crippen LogP contribution in [-0.4, -0.2) is 45.7 Å². The molecule has 2 amide bonds. The fourth-order valence-corrected chi connectivity index (χ4v) is 5.98. The smallest absolute Gasteiger partial charge is 0.332 e. The predicted molar refractivity (Wildman–Crippen MR) is 139 cm³/mol. The zero-order valence-corrected chi connectivity index (χ0v) is 21.7. The van der Waals surface area contributed by atoms with Crippen LogP contribution < -0.4 is 26.0 Å². The Morgan fingerprint density at radius 2 is 1.81 bits per heavy atom. The van der Waals surface area contributed by atoms with Crippen LogP contribution in [0.5, 0.6) is 11.5 Å². The van der Waals surface area contributed by atoms with Gasteiger partial charge in [-0.15, -0.1) is 11.3 Å². The summed E-state index contributed by atoms with van der Waals surface area (Å²) < 4.78 is 13.5. The highest BCUT2D eigenvalue weighted by atomic mass is 32.1. The normalized spacial score (nSPS) is 18.8. The first kappa shape index (κ1) is 25.1. The number of fused-ring (bicyclic) bond motifs is 2. The maximum Gasteiger partial charge on any atom is 0.332 e. The second-order valence-electron chi connectivity index (χ2n) is 9.92. The third-order valence-electron chi connectivity index (χ3n) is 6.84. The first-order chi connectivity index (χ1) is 17.8. The van der Waals surface area contributed by atoms with Crippen LogP contribution >= 0.6 is 11.3 Å². The number of nitrogens with one attached hydrogen (secondary N) is 1. The second kappa shape index (κ2) is 10.4. The zero-order valence-electron chi connectivity index (χ0n) is 20.9. The third-order valence-corrected chi connectivity index (χ3v) is 7.73. The Balaban J connectivity index is 1.29. The largest absolute Gasteiger partial charge is 0.454 e. The number of piperidine rings is 1. The monoisotopic (exact) mass is 526 g/mol. The molecule has 0 unspecified atom stereocenters. The van der Waals surface area contributed by atoms with E-state index in [4.69, 9.17) is 9.47 Å². The maximum absolute atomic E-state index is 13.4. The average molecular weight is 527 g/mol. The number of hydrogen-bond acceptors (Lipinski definition) is 7. The molecule has 2 aromatic heterocycles. The van der Waals surface area contributed by atoms with Gasteiger partial charge in [-0.25, -0.2) is 4.79 Å². The predicted octanol–water partition coefficient (Wildman–Crippen LogP) is 2.16. The van der Waals surface area contributed by atoms with Gasteiger partial charge in [-0.1, -0.05) is 19.9 Å². The van der Waals surface area contributed by atoms with Crippen LogP contribution in [0.2, 0.25) is 0 Å². The van der Waals surface area contributed by atoms with Gasteiger partial charge in [-0.2, -0.15) is 0 Å². The summed E-state index contributed by atoms with van der Waals surface area (Å²) in [6.45, 7) is 5.80. The molecule has 37 heavy (non-hydrogen) atoms. The van der Waals surface area contributed by atoms with Gasteiger partial charge >= 0.3 is 5.69 Å². The van der Waals surface area contributed by atoms with Crippen molar-refractivity contribution in [3.05, 3.63) is 56.0 Å². The Morgan fingerprint density at radius 1 is 1.05 bits per heavy atom. The molecule has 4 heterocycles. The van der Waals surface area contributed by atoms with Gasteiger partial charge in [-0.3, -0.25) is 23.5 Å². The fourth-order valence-electron chi connectivity index (χ4n) is 5.14.